The average molecular weight is 358 g/mol. The number of hydrogen-bond acceptors (Lipinski definition) is 3. The number of aromatic nitrogens is 1. The molecule has 0 atom stereocenters. The third-order valence-electron chi connectivity index (χ3n) is 3.43. The maximum atomic E-state index is 11.9. The summed E-state index contributed by atoms with van der Waals surface area (Å²) in [7, 11) is 0. The highest BCUT2D eigenvalue weighted by molar-refractivity contribution is 6.42. The summed E-state index contributed by atoms with van der Waals surface area (Å²) in [6, 6.07) is 14.8. The van der Waals surface area contributed by atoms with Crippen LogP contribution >= 0.6 is 23.2 Å². The van der Waals surface area contributed by atoms with Crippen LogP contribution in [0.25, 0.3) is 17.0 Å². The normalized spacial score (nSPS) is 11.1. The van der Waals surface area contributed by atoms with Crippen molar-refractivity contribution in [2.45, 2.75) is 6.61 Å². The number of pyridine rings is 1. The lowest BCUT2D eigenvalue weighted by atomic mass is 10.1. The molecular weight excluding hydrogens is 345 g/mol. The Balaban J connectivity index is 1.67. The number of hydrogen-bond donors (Lipinski definition) is 0. The topological polar surface area (TPSA) is 39.2 Å². The van der Waals surface area contributed by atoms with Gasteiger partial charge in [0.2, 0.25) is 0 Å². The SMILES string of the molecule is O=C(/C=C\c1cccc2cccnc12)OCc1ccc(Cl)c(Cl)c1. The molecule has 0 N–H and O–H groups in total. The molecule has 0 aliphatic heterocycles. The molecule has 24 heavy (non-hydrogen) atoms. The van der Waals surface area contributed by atoms with Gasteiger partial charge in [-0.3, -0.25) is 4.98 Å². The van der Waals surface area contributed by atoms with E-state index in [1.54, 1.807) is 30.5 Å². The first-order chi connectivity index (χ1) is 11.6. The Morgan fingerprint density at radius 2 is 1.92 bits per heavy atom. The average Bonchev–Trinajstić information content (AvgIpc) is 2.61. The molecule has 0 saturated heterocycles. The Morgan fingerprint density at radius 3 is 2.75 bits per heavy atom. The van der Waals surface area contributed by atoms with Crippen molar-refractivity contribution in [3.63, 3.8) is 0 Å². The second kappa shape index (κ2) is 7.47. The van der Waals surface area contributed by atoms with Gasteiger partial charge in [-0.25, -0.2) is 4.79 Å². The second-order valence-electron chi connectivity index (χ2n) is 5.11. The fourth-order valence-corrected chi connectivity index (χ4v) is 2.57. The molecule has 0 radical (unpaired) electrons. The van der Waals surface area contributed by atoms with E-state index in [4.69, 9.17) is 27.9 Å². The zero-order chi connectivity index (χ0) is 16.9. The molecule has 0 spiro atoms. The fourth-order valence-electron chi connectivity index (χ4n) is 2.25. The van der Waals surface area contributed by atoms with Gasteiger partial charge in [0.15, 0.2) is 0 Å². The predicted octanol–water partition coefficient (Wildman–Crippen LogP) is 5.30. The quantitative estimate of drug-likeness (QED) is 0.469. The molecule has 2 aromatic carbocycles. The van der Waals surface area contributed by atoms with E-state index in [9.17, 15) is 4.79 Å². The number of rotatable bonds is 4. The third-order valence-corrected chi connectivity index (χ3v) is 4.17. The fraction of sp³-hybridized carbons (Fsp3) is 0.0526. The summed E-state index contributed by atoms with van der Waals surface area (Å²) in [4.78, 5) is 16.2. The first-order valence-electron chi connectivity index (χ1n) is 7.26. The van der Waals surface area contributed by atoms with Crippen LogP contribution in [-0.2, 0) is 16.1 Å². The Morgan fingerprint density at radius 1 is 1.08 bits per heavy atom. The van der Waals surface area contributed by atoms with Crippen LogP contribution in [0, 0.1) is 0 Å². The first kappa shape index (κ1) is 16.5. The van der Waals surface area contributed by atoms with E-state index in [1.165, 1.54) is 6.08 Å². The van der Waals surface area contributed by atoms with Crippen molar-refractivity contribution in [3.05, 3.63) is 82.0 Å². The number of fused-ring (bicyclic) bond motifs is 1. The summed E-state index contributed by atoms with van der Waals surface area (Å²) in [6.07, 6.45) is 4.82. The van der Waals surface area contributed by atoms with Crippen LogP contribution in [0.2, 0.25) is 10.0 Å². The van der Waals surface area contributed by atoms with Gasteiger partial charge in [-0.1, -0.05) is 53.5 Å². The number of carbonyl (C=O) groups is 1. The highest BCUT2D eigenvalue weighted by Gasteiger charge is 2.03. The molecule has 1 heterocycles. The van der Waals surface area contributed by atoms with Crippen molar-refractivity contribution in [3.8, 4) is 0 Å². The van der Waals surface area contributed by atoms with Crippen LogP contribution in [0.5, 0.6) is 0 Å². The van der Waals surface area contributed by atoms with E-state index in [-0.39, 0.29) is 6.61 Å². The lowest BCUT2D eigenvalue weighted by molar-refractivity contribution is -0.138. The second-order valence-corrected chi connectivity index (χ2v) is 5.93. The maximum Gasteiger partial charge on any atom is 0.331 e. The van der Waals surface area contributed by atoms with Crippen molar-refractivity contribution >= 4 is 46.2 Å². The molecule has 0 bridgehead atoms. The standard InChI is InChI=1S/C19H13Cl2NO2/c20-16-8-6-13(11-17(16)21)12-24-18(23)9-7-15-4-1-3-14-5-2-10-22-19(14)15/h1-11H,12H2/b9-7-. The van der Waals surface area contributed by atoms with Crippen molar-refractivity contribution in [1.29, 1.82) is 0 Å². The van der Waals surface area contributed by atoms with Crippen molar-refractivity contribution < 1.29 is 9.53 Å². The summed E-state index contributed by atoms with van der Waals surface area (Å²) < 4.78 is 5.21. The van der Waals surface area contributed by atoms with Gasteiger partial charge >= 0.3 is 5.97 Å². The van der Waals surface area contributed by atoms with Crippen molar-refractivity contribution in [2.75, 3.05) is 0 Å². The van der Waals surface area contributed by atoms with E-state index in [2.05, 4.69) is 4.98 Å². The van der Waals surface area contributed by atoms with Gasteiger partial charge in [-0.15, -0.1) is 0 Å². The number of ether oxygens (including phenoxy) is 1. The van der Waals surface area contributed by atoms with Crippen molar-refractivity contribution in [1.82, 2.24) is 4.98 Å². The molecule has 0 unspecified atom stereocenters. The van der Waals surface area contributed by atoms with Crippen LogP contribution < -0.4 is 0 Å². The number of benzene rings is 2. The van der Waals surface area contributed by atoms with E-state index in [0.717, 1.165) is 22.0 Å². The summed E-state index contributed by atoms with van der Waals surface area (Å²) in [6.45, 7) is 0.133. The van der Waals surface area contributed by atoms with Gasteiger partial charge in [0.25, 0.3) is 0 Å². The number of esters is 1. The lowest BCUT2D eigenvalue weighted by Crippen LogP contribution is -2.00. The third kappa shape index (κ3) is 3.94. The van der Waals surface area contributed by atoms with Crippen LogP contribution in [0.15, 0.2) is 60.8 Å². The molecule has 5 heteroatoms. The Kier molecular flexibility index (Phi) is 5.14. The zero-order valence-corrected chi connectivity index (χ0v) is 14.1. The molecule has 1 aromatic heterocycles. The van der Waals surface area contributed by atoms with Crippen LogP contribution in [0.3, 0.4) is 0 Å². The number of halogens is 2. The van der Waals surface area contributed by atoms with E-state index < -0.39 is 5.97 Å². The minimum Gasteiger partial charge on any atom is -0.458 e. The van der Waals surface area contributed by atoms with Gasteiger partial charge in [0, 0.05) is 23.2 Å². The number of carbonyl (C=O) groups excluding carboxylic acids is 1. The van der Waals surface area contributed by atoms with Crippen LogP contribution in [0.4, 0.5) is 0 Å². The number of para-hydroxylation sites is 1. The minimum absolute atomic E-state index is 0.133. The van der Waals surface area contributed by atoms with E-state index >= 15 is 0 Å². The Labute approximate surface area is 149 Å². The first-order valence-corrected chi connectivity index (χ1v) is 8.01. The molecule has 3 rings (SSSR count). The van der Waals surface area contributed by atoms with Crippen LogP contribution in [0.1, 0.15) is 11.1 Å². The van der Waals surface area contributed by atoms with E-state index in [1.807, 2.05) is 30.3 Å². The Bertz CT molecular complexity index is 917. The number of nitrogens with zero attached hydrogens (tertiary/aromatic N) is 1. The predicted molar refractivity (Wildman–Crippen MR) is 97.0 cm³/mol. The molecule has 0 amide bonds. The highest BCUT2D eigenvalue weighted by atomic mass is 35.5. The summed E-state index contributed by atoms with van der Waals surface area (Å²) in [5, 5.41) is 1.92. The smallest absolute Gasteiger partial charge is 0.331 e. The summed E-state index contributed by atoms with van der Waals surface area (Å²) in [5.74, 6) is -0.436. The zero-order valence-electron chi connectivity index (χ0n) is 12.6. The lowest BCUT2D eigenvalue weighted by Gasteiger charge is -2.04. The molecule has 0 saturated carbocycles. The monoisotopic (exact) mass is 357 g/mol. The Hall–Kier alpha value is -2.36. The largest absolute Gasteiger partial charge is 0.458 e. The summed E-state index contributed by atoms with van der Waals surface area (Å²) in [5.41, 5.74) is 2.48. The van der Waals surface area contributed by atoms with Crippen LogP contribution in [-0.4, -0.2) is 11.0 Å². The summed E-state index contributed by atoms with van der Waals surface area (Å²) >= 11 is 11.8. The molecule has 3 aromatic rings. The highest BCUT2D eigenvalue weighted by Crippen LogP contribution is 2.23. The molecule has 0 fully saturated rings. The molecular formula is C19H13Cl2NO2. The maximum absolute atomic E-state index is 11.9. The molecule has 3 nitrogen and oxygen atoms in total. The van der Waals surface area contributed by atoms with Gasteiger partial charge < -0.3 is 4.74 Å². The van der Waals surface area contributed by atoms with Gasteiger partial charge in [0.05, 0.1) is 15.6 Å². The van der Waals surface area contributed by atoms with E-state index in [0.29, 0.717) is 10.0 Å². The van der Waals surface area contributed by atoms with Gasteiger partial charge in [-0.2, -0.15) is 0 Å². The molecule has 0 aliphatic carbocycles. The van der Waals surface area contributed by atoms with Gasteiger partial charge in [-0.05, 0) is 29.8 Å². The minimum atomic E-state index is -0.436. The van der Waals surface area contributed by atoms with Gasteiger partial charge in [0.1, 0.15) is 6.61 Å². The van der Waals surface area contributed by atoms with Crippen molar-refractivity contribution in [2.24, 2.45) is 0 Å². The molecule has 0 aliphatic rings. The molecule has 120 valence electrons.